The van der Waals surface area contributed by atoms with E-state index in [-0.39, 0.29) is 0 Å². The summed E-state index contributed by atoms with van der Waals surface area (Å²) in [7, 11) is 1.51. The van der Waals surface area contributed by atoms with E-state index in [1.54, 1.807) is 30.3 Å². The summed E-state index contributed by atoms with van der Waals surface area (Å²) >= 11 is 0. The van der Waals surface area contributed by atoms with Gasteiger partial charge in [-0.1, -0.05) is 18.2 Å². The highest BCUT2D eigenvalue weighted by Gasteiger charge is 2.20. The Labute approximate surface area is 129 Å². The van der Waals surface area contributed by atoms with Crippen LogP contribution >= 0.6 is 0 Å². The fourth-order valence-corrected chi connectivity index (χ4v) is 1.68. The van der Waals surface area contributed by atoms with E-state index >= 15 is 0 Å². The minimum atomic E-state index is -1.76. The van der Waals surface area contributed by atoms with E-state index in [4.69, 9.17) is 4.74 Å². The van der Waals surface area contributed by atoms with Crippen molar-refractivity contribution < 1.29 is 22.3 Å². The Morgan fingerprint density at radius 3 is 2.39 bits per heavy atom. The number of anilines is 1. The van der Waals surface area contributed by atoms with Crippen molar-refractivity contribution in [1.29, 1.82) is 0 Å². The van der Waals surface area contributed by atoms with Gasteiger partial charge in [-0.25, -0.2) is 0 Å². The standard InChI is InChI=1S/C15H11F4N3O/c1-23-10-7-3-2-5-9(10)6-4-8-20-22-13-11(16)14(18)21-15(19)12(13)17/h2-8H,1H3,(H,21,22)/b6-4+,20-8+. The number of nitrogens with one attached hydrogen (secondary N) is 1. The lowest BCUT2D eigenvalue weighted by molar-refractivity contribution is 0.411. The van der Waals surface area contributed by atoms with Crippen LogP contribution in [0.5, 0.6) is 5.75 Å². The third kappa shape index (κ3) is 3.85. The van der Waals surface area contributed by atoms with E-state index < -0.39 is 29.2 Å². The minimum absolute atomic E-state index is 0.625. The zero-order chi connectivity index (χ0) is 16.8. The maximum Gasteiger partial charge on any atom is 0.254 e. The average molecular weight is 325 g/mol. The molecule has 0 unspecified atom stereocenters. The number of pyridine rings is 1. The van der Waals surface area contributed by atoms with Crippen LogP contribution in [0.4, 0.5) is 23.2 Å². The van der Waals surface area contributed by atoms with E-state index in [2.05, 4.69) is 10.1 Å². The van der Waals surface area contributed by atoms with E-state index in [0.717, 1.165) is 11.8 Å². The first-order valence-electron chi connectivity index (χ1n) is 6.33. The van der Waals surface area contributed by atoms with Gasteiger partial charge in [0.25, 0.3) is 11.9 Å². The lowest BCUT2D eigenvalue weighted by Gasteiger charge is -2.04. The van der Waals surface area contributed by atoms with Gasteiger partial charge in [0.15, 0.2) is 0 Å². The highest BCUT2D eigenvalue weighted by Crippen LogP contribution is 2.22. The number of methoxy groups -OCH3 is 1. The molecule has 0 saturated heterocycles. The molecule has 0 fully saturated rings. The van der Waals surface area contributed by atoms with Crippen molar-refractivity contribution in [1.82, 2.24) is 4.98 Å². The summed E-state index contributed by atoms with van der Waals surface area (Å²) in [4.78, 5) is 2.43. The van der Waals surface area contributed by atoms with E-state index in [0.29, 0.717) is 5.75 Å². The Morgan fingerprint density at radius 2 is 1.74 bits per heavy atom. The fourth-order valence-electron chi connectivity index (χ4n) is 1.68. The number of hydrogen-bond donors (Lipinski definition) is 1. The van der Waals surface area contributed by atoms with Crippen LogP contribution in [0.2, 0.25) is 0 Å². The number of benzene rings is 1. The second kappa shape index (κ2) is 7.39. The first-order valence-corrected chi connectivity index (χ1v) is 6.33. The molecule has 120 valence electrons. The van der Waals surface area contributed by atoms with Crippen molar-refractivity contribution >= 4 is 18.0 Å². The van der Waals surface area contributed by atoms with Crippen molar-refractivity contribution in [3.05, 3.63) is 59.4 Å². The minimum Gasteiger partial charge on any atom is -0.496 e. The third-order valence-corrected chi connectivity index (χ3v) is 2.75. The summed E-state index contributed by atoms with van der Waals surface area (Å²) in [6.07, 6.45) is 4.24. The molecule has 0 bridgehead atoms. The Balaban J connectivity index is 2.10. The van der Waals surface area contributed by atoms with E-state index in [1.165, 1.54) is 13.2 Å². The van der Waals surface area contributed by atoms with Gasteiger partial charge in [-0.05, 0) is 18.2 Å². The van der Waals surface area contributed by atoms with Crippen LogP contribution in [-0.2, 0) is 0 Å². The number of hydrazone groups is 1. The van der Waals surface area contributed by atoms with Gasteiger partial charge in [-0.3, -0.25) is 5.43 Å². The Hall–Kier alpha value is -2.90. The molecule has 0 radical (unpaired) electrons. The first kappa shape index (κ1) is 16.5. The van der Waals surface area contributed by atoms with Gasteiger partial charge in [0, 0.05) is 11.8 Å². The molecule has 1 aromatic heterocycles. The first-order chi connectivity index (χ1) is 11.0. The molecule has 0 aliphatic rings. The summed E-state index contributed by atoms with van der Waals surface area (Å²) < 4.78 is 57.5. The number of nitrogens with zero attached hydrogens (tertiary/aromatic N) is 2. The Bertz CT molecular complexity index is 736. The van der Waals surface area contributed by atoms with Gasteiger partial charge >= 0.3 is 0 Å². The predicted molar refractivity (Wildman–Crippen MR) is 78.2 cm³/mol. The van der Waals surface area contributed by atoms with Crippen molar-refractivity contribution in [2.75, 3.05) is 12.5 Å². The SMILES string of the molecule is COc1ccccc1/C=C/C=N/Nc1c(F)c(F)nc(F)c1F. The molecular formula is C15H11F4N3O. The number of ether oxygens (including phenoxy) is 1. The number of rotatable bonds is 5. The molecule has 2 rings (SSSR count). The summed E-state index contributed by atoms with van der Waals surface area (Å²) in [5, 5.41) is 3.47. The molecule has 2 aromatic rings. The average Bonchev–Trinajstić information content (AvgIpc) is 2.56. The van der Waals surface area contributed by atoms with Gasteiger partial charge in [0.1, 0.15) is 11.4 Å². The molecule has 0 saturated carbocycles. The monoisotopic (exact) mass is 325 g/mol. The van der Waals surface area contributed by atoms with Crippen LogP contribution in [0.1, 0.15) is 5.56 Å². The van der Waals surface area contributed by atoms with Crippen molar-refractivity contribution in [3.63, 3.8) is 0 Å². The molecule has 0 aliphatic carbocycles. The highest BCUT2D eigenvalue weighted by atomic mass is 19.2. The van der Waals surface area contributed by atoms with Crippen LogP contribution in [0, 0.1) is 23.5 Å². The van der Waals surface area contributed by atoms with Gasteiger partial charge in [-0.2, -0.15) is 27.6 Å². The molecule has 1 aromatic carbocycles. The van der Waals surface area contributed by atoms with Crippen molar-refractivity contribution in [2.24, 2.45) is 5.10 Å². The van der Waals surface area contributed by atoms with Gasteiger partial charge in [0.05, 0.1) is 7.11 Å². The lowest BCUT2D eigenvalue weighted by atomic mass is 10.2. The van der Waals surface area contributed by atoms with Crippen LogP contribution in [-0.4, -0.2) is 18.3 Å². The molecule has 0 spiro atoms. The lowest BCUT2D eigenvalue weighted by Crippen LogP contribution is -2.05. The van der Waals surface area contributed by atoms with Gasteiger partial charge in [-0.15, -0.1) is 0 Å². The number of allylic oxidation sites excluding steroid dienone is 1. The zero-order valence-electron chi connectivity index (χ0n) is 11.9. The number of halogens is 4. The second-order valence-corrected chi connectivity index (χ2v) is 4.19. The smallest absolute Gasteiger partial charge is 0.254 e. The van der Waals surface area contributed by atoms with Crippen LogP contribution < -0.4 is 10.2 Å². The van der Waals surface area contributed by atoms with Crippen molar-refractivity contribution in [2.45, 2.75) is 0 Å². The fraction of sp³-hybridized carbons (Fsp3) is 0.0667. The van der Waals surface area contributed by atoms with Crippen molar-refractivity contribution in [3.8, 4) is 5.75 Å². The van der Waals surface area contributed by atoms with Crippen LogP contribution in [0.15, 0.2) is 35.4 Å². The highest BCUT2D eigenvalue weighted by molar-refractivity contribution is 5.79. The molecule has 0 aliphatic heterocycles. The molecule has 0 atom stereocenters. The topological polar surface area (TPSA) is 46.5 Å². The Morgan fingerprint density at radius 1 is 1.09 bits per heavy atom. The number of aromatic nitrogens is 1. The molecule has 0 amide bonds. The summed E-state index contributed by atoms with van der Waals surface area (Å²) in [5.74, 6) is -6.21. The second-order valence-electron chi connectivity index (χ2n) is 4.19. The van der Waals surface area contributed by atoms with E-state index in [1.807, 2.05) is 5.43 Å². The maximum atomic E-state index is 13.3. The molecule has 23 heavy (non-hydrogen) atoms. The van der Waals surface area contributed by atoms with Crippen LogP contribution in [0.3, 0.4) is 0 Å². The van der Waals surface area contributed by atoms with Gasteiger partial charge in [0.2, 0.25) is 11.6 Å². The maximum absolute atomic E-state index is 13.3. The normalized spacial score (nSPS) is 11.3. The van der Waals surface area contributed by atoms with Crippen LogP contribution in [0.25, 0.3) is 6.08 Å². The predicted octanol–water partition coefficient (Wildman–Crippen LogP) is 3.76. The summed E-state index contributed by atoms with van der Waals surface area (Å²) in [6, 6.07) is 7.13. The largest absolute Gasteiger partial charge is 0.496 e. The molecular weight excluding hydrogens is 314 g/mol. The molecule has 1 heterocycles. The van der Waals surface area contributed by atoms with E-state index in [9.17, 15) is 17.6 Å². The molecule has 8 heteroatoms. The number of para-hydroxylation sites is 1. The molecule has 1 N–H and O–H groups in total. The quantitative estimate of drug-likeness (QED) is 0.394. The number of hydrogen-bond acceptors (Lipinski definition) is 4. The summed E-state index contributed by atoms with van der Waals surface area (Å²) in [5.41, 5.74) is 1.59. The zero-order valence-corrected chi connectivity index (χ0v) is 11.9. The molecule has 4 nitrogen and oxygen atoms in total. The Kier molecular flexibility index (Phi) is 5.29. The van der Waals surface area contributed by atoms with Gasteiger partial charge < -0.3 is 4.74 Å². The summed E-state index contributed by atoms with van der Waals surface area (Å²) in [6.45, 7) is 0. The third-order valence-electron chi connectivity index (χ3n) is 2.75.